The van der Waals surface area contributed by atoms with Gasteiger partial charge in [0.2, 0.25) is 0 Å². The van der Waals surface area contributed by atoms with Crippen molar-refractivity contribution in [2.75, 3.05) is 18.5 Å². The topological polar surface area (TPSA) is 98.1 Å². The van der Waals surface area contributed by atoms with E-state index in [0.29, 0.717) is 46.6 Å². The molecule has 1 aromatic carbocycles. The van der Waals surface area contributed by atoms with Crippen LogP contribution in [0.15, 0.2) is 54.0 Å². The summed E-state index contributed by atoms with van der Waals surface area (Å²) < 4.78 is 7.38. The monoisotopic (exact) mass is 475 g/mol. The van der Waals surface area contributed by atoms with E-state index >= 15 is 0 Å². The zero-order chi connectivity index (χ0) is 23.5. The quantitative estimate of drug-likeness (QED) is 0.421. The molecule has 8 nitrogen and oxygen atoms in total. The third kappa shape index (κ3) is 4.71. The van der Waals surface area contributed by atoms with Gasteiger partial charge in [0, 0.05) is 23.7 Å². The Morgan fingerprint density at radius 2 is 2.06 bits per heavy atom. The minimum atomic E-state index is -0.314. The van der Waals surface area contributed by atoms with E-state index in [1.54, 1.807) is 52.5 Å². The van der Waals surface area contributed by atoms with Crippen molar-refractivity contribution >= 4 is 39.9 Å². The van der Waals surface area contributed by atoms with Gasteiger partial charge in [-0.05, 0) is 49.4 Å². The number of fused-ring (bicyclic) bond motifs is 1. The number of para-hydroxylation sites is 1. The minimum Gasteiger partial charge on any atom is -0.376 e. The molecule has 0 aliphatic carbocycles. The molecule has 2 amide bonds. The summed E-state index contributed by atoms with van der Waals surface area (Å²) in [4.78, 5) is 31.9. The predicted octanol–water partition coefficient (Wildman–Crippen LogP) is 4.01. The van der Waals surface area contributed by atoms with Crippen molar-refractivity contribution in [3.05, 3.63) is 75.7 Å². The molecule has 1 aliphatic heterocycles. The highest BCUT2D eigenvalue weighted by atomic mass is 32.1. The Bertz CT molecular complexity index is 1330. The van der Waals surface area contributed by atoms with Crippen molar-refractivity contribution in [3.8, 4) is 0 Å². The Morgan fingerprint density at radius 1 is 1.18 bits per heavy atom. The van der Waals surface area contributed by atoms with E-state index in [-0.39, 0.29) is 17.9 Å². The van der Waals surface area contributed by atoms with Gasteiger partial charge in [-0.3, -0.25) is 9.59 Å². The lowest BCUT2D eigenvalue weighted by atomic mass is 10.1. The molecule has 4 heterocycles. The molecule has 34 heavy (non-hydrogen) atoms. The van der Waals surface area contributed by atoms with Crippen molar-refractivity contribution in [2.45, 2.75) is 32.4 Å². The molecule has 1 aliphatic rings. The van der Waals surface area contributed by atoms with Gasteiger partial charge in [-0.25, -0.2) is 9.67 Å². The van der Waals surface area contributed by atoms with Gasteiger partial charge >= 0.3 is 0 Å². The summed E-state index contributed by atoms with van der Waals surface area (Å²) >= 11 is 1.65. The van der Waals surface area contributed by atoms with Crippen molar-refractivity contribution in [1.29, 1.82) is 0 Å². The maximum Gasteiger partial charge on any atom is 0.256 e. The summed E-state index contributed by atoms with van der Waals surface area (Å²) in [5.41, 5.74) is 2.69. The number of rotatable bonds is 7. The van der Waals surface area contributed by atoms with E-state index in [4.69, 9.17) is 4.74 Å². The Balaban J connectivity index is 1.38. The SMILES string of the molecule is Cc1cc(C(=O)Nc2ccccc2C(=O)NC[C@@H]2CCCO2)c2cnn(Cc3cccs3)c2n1. The first-order valence-corrected chi connectivity index (χ1v) is 12.1. The molecular weight excluding hydrogens is 450 g/mol. The lowest BCUT2D eigenvalue weighted by molar-refractivity contribution is 0.0858. The zero-order valence-corrected chi connectivity index (χ0v) is 19.6. The van der Waals surface area contributed by atoms with Crippen molar-refractivity contribution < 1.29 is 14.3 Å². The summed E-state index contributed by atoms with van der Waals surface area (Å²) in [6, 6.07) is 12.8. The number of benzene rings is 1. The Kier molecular flexibility index (Phi) is 6.37. The van der Waals surface area contributed by atoms with Crippen LogP contribution in [0.1, 0.15) is 44.1 Å². The number of hydrogen-bond donors (Lipinski definition) is 2. The second kappa shape index (κ2) is 9.74. The number of hydrogen-bond acceptors (Lipinski definition) is 6. The smallest absolute Gasteiger partial charge is 0.256 e. The second-order valence-electron chi connectivity index (χ2n) is 8.27. The first-order valence-electron chi connectivity index (χ1n) is 11.2. The highest BCUT2D eigenvalue weighted by Crippen LogP contribution is 2.23. The highest BCUT2D eigenvalue weighted by molar-refractivity contribution is 7.09. The molecule has 0 saturated carbocycles. The Hall–Kier alpha value is -3.56. The first kappa shape index (κ1) is 22.2. The number of pyridine rings is 1. The van der Waals surface area contributed by atoms with Gasteiger partial charge in [0.15, 0.2) is 5.65 Å². The van der Waals surface area contributed by atoms with Crippen LogP contribution in [-0.2, 0) is 11.3 Å². The minimum absolute atomic E-state index is 0.0458. The van der Waals surface area contributed by atoms with E-state index in [2.05, 4.69) is 20.7 Å². The van der Waals surface area contributed by atoms with Crippen molar-refractivity contribution in [3.63, 3.8) is 0 Å². The molecule has 1 saturated heterocycles. The van der Waals surface area contributed by atoms with E-state index in [9.17, 15) is 9.59 Å². The fourth-order valence-electron chi connectivity index (χ4n) is 4.11. The van der Waals surface area contributed by atoms with Crippen LogP contribution in [0.25, 0.3) is 11.0 Å². The number of carbonyl (C=O) groups excluding carboxylic acids is 2. The van der Waals surface area contributed by atoms with Crippen LogP contribution in [0.5, 0.6) is 0 Å². The molecule has 0 radical (unpaired) electrons. The van der Waals surface area contributed by atoms with Crippen LogP contribution in [0.3, 0.4) is 0 Å². The van der Waals surface area contributed by atoms with Crippen molar-refractivity contribution in [2.24, 2.45) is 0 Å². The van der Waals surface area contributed by atoms with Gasteiger partial charge < -0.3 is 15.4 Å². The molecule has 1 fully saturated rings. The summed E-state index contributed by atoms with van der Waals surface area (Å²) in [7, 11) is 0. The van der Waals surface area contributed by atoms with Gasteiger partial charge in [-0.15, -0.1) is 11.3 Å². The number of nitrogens with zero attached hydrogens (tertiary/aromatic N) is 3. The number of anilines is 1. The summed E-state index contributed by atoms with van der Waals surface area (Å²) in [5.74, 6) is -0.559. The van der Waals surface area contributed by atoms with E-state index in [1.165, 1.54) is 0 Å². The van der Waals surface area contributed by atoms with Crippen LogP contribution in [0.4, 0.5) is 5.69 Å². The predicted molar refractivity (Wildman–Crippen MR) is 131 cm³/mol. The van der Waals surface area contributed by atoms with Crippen LogP contribution >= 0.6 is 11.3 Å². The summed E-state index contributed by atoms with van der Waals surface area (Å²) in [6.07, 6.45) is 3.67. The average Bonchev–Trinajstić information content (AvgIpc) is 3.61. The van der Waals surface area contributed by atoms with Gasteiger partial charge in [0.25, 0.3) is 11.8 Å². The van der Waals surface area contributed by atoms with Crippen LogP contribution in [-0.4, -0.2) is 45.8 Å². The third-order valence-corrected chi connectivity index (χ3v) is 6.66. The van der Waals surface area contributed by atoms with Crippen LogP contribution in [0, 0.1) is 6.92 Å². The molecule has 3 aromatic heterocycles. The third-order valence-electron chi connectivity index (χ3n) is 5.80. The number of thiophene rings is 1. The van der Waals surface area contributed by atoms with Gasteiger partial charge in [0.1, 0.15) is 0 Å². The zero-order valence-electron chi connectivity index (χ0n) is 18.8. The number of aromatic nitrogens is 3. The Labute approximate surface area is 201 Å². The maximum absolute atomic E-state index is 13.3. The molecule has 4 aromatic rings. The molecule has 0 bridgehead atoms. The standard InChI is InChI=1S/C25H25N5O3S/c1-16-12-20(21-14-27-30(23(21)28-16)15-18-7-5-11-34-18)25(32)29-22-9-3-2-8-19(22)24(31)26-13-17-6-4-10-33-17/h2-3,5,7-9,11-12,14,17H,4,6,10,13,15H2,1H3,(H,26,31)(H,29,32)/t17-/m0/s1. The number of carbonyl (C=O) groups is 2. The molecule has 1 atom stereocenters. The van der Waals surface area contributed by atoms with Gasteiger partial charge in [-0.1, -0.05) is 18.2 Å². The molecule has 5 rings (SSSR count). The van der Waals surface area contributed by atoms with E-state index in [0.717, 1.165) is 24.3 Å². The molecule has 174 valence electrons. The van der Waals surface area contributed by atoms with Gasteiger partial charge in [-0.2, -0.15) is 5.10 Å². The number of nitrogens with one attached hydrogen (secondary N) is 2. The molecular formula is C25H25N5O3S. The largest absolute Gasteiger partial charge is 0.376 e. The highest BCUT2D eigenvalue weighted by Gasteiger charge is 2.20. The van der Waals surface area contributed by atoms with Crippen molar-refractivity contribution in [1.82, 2.24) is 20.1 Å². The van der Waals surface area contributed by atoms with Gasteiger partial charge in [0.05, 0.1) is 41.0 Å². The normalized spacial score (nSPS) is 15.5. The summed E-state index contributed by atoms with van der Waals surface area (Å²) in [5, 5.41) is 13.0. The lowest BCUT2D eigenvalue weighted by Crippen LogP contribution is -2.32. The van der Waals surface area contributed by atoms with Crippen LogP contribution in [0.2, 0.25) is 0 Å². The molecule has 0 unspecified atom stereocenters. The van der Waals surface area contributed by atoms with E-state index in [1.807, 2.05) is 24.4 Å². The fourth-order valence-corrected chi connectivity index (χ4v) is 4.80. The second-order valence-corrected chi connectivity index (χ2v) is 9.31. The fraction of sp³-hybridized carbons (Fsp3) is 0.280. The molecule has 0 spiro atoms. The average molecular weight is 476 g/mol. The number of aryl methyl sites for hydroxylation is 1. The molecule has 2 N–H and O–H groups in total. The molecule has 9 heteroatoms. The van der Waals surface area contributed by atoms with Crippen LogP contribution < -0.4 is 10.6 Å². The van der Waals surface area contributed by atoms with E-state index < -0.39 is 0 Å². The lowest BCUT2D eigenvalue weighted by Gasteiger charge is -2.14. The number of amides is 2. The maximum atomic E-state index is 13.3. The summed E-state index contributed by atoms with van der Waals surface area (Å²) in [6.45, 7) is 3.63. The Morgan fingerprint density at radius 3 is 2.85 bits per heavy atom. The first-order chi connectivity index (χ1) is 16.6. The number of ether oxygens (including phenoxy) is 1.